The van der Waals surface area contributed by atoms with E-state index in [1.54, 1.807) is 5.57 Å². The van der Waals surface area contributed by atoms with Crippen LogP contribution in [0.3, 0.4) is 0 Å². The van der Waals surface area contributed by atoms with Crippen molar-refractivity contribution in [3.05, 3.63) is 60.2 Å². The zero-order valence-electron chi connectivity index (χ0n) is 35.5. The monoisotopic (exact) mass is 739 g/mol. The Hall–Kier alpha value is -2.26. The van der Waals surface area contributed by atoms with Gasteiger partial charge in [0.2, 0.25) is 0 Å². The highest BCUT2D eigenvalue weighted by molar-refractivity contribution is 5.64. The summed E-state index contributed by atoms with van der Waals surface area (Å²) in [5.74, 6) is 7.38. The van der Waals surface area contributed by atoms with E-state index in [-0.39, 0.29) is 0 Å². The van der Waals surface area contributed by atoms with Gasteiger partial charge in [-0.25, -0.2) is 0 Å². The van der Waals surface area contributed by atoms with E-state index >= 15 is 0 Å². The predicted octanol–water partition coefficient (Wildman–Crippen LogP) is 14.7. The second kappa shape index (κ2) is 19.7. The molecular weight excluding hydrogens is 661 g/mol. The van der Waals surface area contributed by atoms with Crippen molar-refractivity contribution in [1.29, 1.82) is 0 Å². The number of ether oxygens (including phenoxy) is 3. The molecule has 4 aliphatic rings. The molecule has 54 heavy (non-hydrogen) atoms. The molecule has 0 heterocycles. The van der Waals surface area contributed by atoms with Gasteiger partial charge in [-0.05, 0) is 152 Å². The predicted molar refractivity (Wildman–Crippen MR) is 228 cm³/mol. The molecule has 0 aliphatic heterocycles. The third-order valence-electron chi connectivity index (χ3n) is 15.2. The first-order valence-electron chi connectivity index (χ1n) is 23.0. The third kappa shape index (κ3) is 10.2. The quantitative estimate of drug-likeness (QED) is 0.0943. The molecule has 0 N–H and O–H groups in total. The highest BCUT2D eigenvalue weighted by atomic mass is 16.5. The van der Waals surface area contributed by atoms with Crippen LogP contribution in [0, 0.1) is 46.3 Å². The van der Waals surface area contributed by atoms with Crippen LogP contribution >= 0.6 is 0 Å². The van der Waals surface area contributed by atoms with Crippen molar-refractivity contribution in [2.24, 2.45) is 46.3 Å². The number of hydrogen-bond donors (Lipinski definition) is 0. The van der Waals surface area contributed by atoms with Crippen molar-refractivity contribution >= 4 is 0 Å². The molecule has 0 aromatic heterocycles. The maximum Gasteiger partial charge on any atom is 0.119 e. The molecular formula is C51H78O3. The van der Waals surface area contributed by atoms with Crippen LogP contribution in [-0.2, 0) is 4.74 Å². The maximum atomic E-state index is 6.57. The normalized spacial score (nSPS) is 29.6. The SMILES string of the molecule is CCCCOc1ccc(-c2ccc(OCCCCCCCCO[C@H]3CC[C@@]4(C)C(=CC[C@H]5[C@@H]6CC[C@H]([C@H](C)CCCC(C)C)[C@@]6(C)CC[C@@H]54)C3)cc2)cc1. The summed E-state index contributed by atoms with van der Waals surface area (Å²) in [6, 6.07) is 16.9. The summed E-state index contributed by atoms with van der Waals surface area (Å²) < 4.78 is 18.4. The number of fused-ring (bicyclic) bond motifs is 5. The maximum absolute atomic E-state index is 6.57. The van der Waals surface area contributed by atoms with Crippen LogP contribution in [0.4, 0.5) is 0 Å². The molecule has 0 unspecified atom stereocenters. The smallest absolute Gasteiger partial charge is 0.119 e. The van der Waals surface area contributed by atoms with E-state index in [1.165, 1.54) is 114 Å². The van der Waals surface area contributed by atoms with Gasteiger partial charge in [-0.15, -0.1) is 0 Å². The topological polar surface area (TPSA) is 27.7 Å². The summed E-state index contributed by atoms with van der Waals surface area (Å²) in [4.78, 5) is 0. The fourth-order valence-electron chi connectivity index (χ4n) is 12.0. The van der Waals surface area contributed by atoms with Gasteiger partial charge in [0.1, 0.15) is 11.5 Å². The molecule has 0 saturated heterocycles. The lowest BCUT2D eigenvalue weighted by Gasteiger charge is -2.58. The lowest BCUT2D eigenvalue weighted by atomic mass is 9.47. The molecule has 8 atom stereocenters. The average molecular weight is 739 g/mol. The highest BCUT2D eigenvalue weighted by Crippen LogP contribution is 2.67. The lowest BCUT2D eigenvalue weighted by Crippen LogP contribution is -2.51. The Balaban J connectivity index is 0.831. The van der Waals surface area contributed by atoms with E-state index in [2.05, 4.69) is 96.1 Å². The Labute approximate surface area is 331 Å². The summed E-state index contributed by atoms with van der Waals surface area (Å²) in [7, 11) is 0. The standard InChI is InChI=1S/C51H78O3/c1-7-8-34-52-43-23-18-40(19-24-43)41-20-25-44(26-21-41)53-35-13-11-9-10-12-14-36-54-45-30-32-50(5)42(37-45)22-27-46-48-29-28-47(39(4)17-15-16-38(2)3)51(48,6)33-31-49(46)50/h18-26,38-39,45-49H,7-17,27-37H2,1-6H3/t39-,45+,46+,47-,48+,49+,50+,51-/m1/s1. The van der Waals surface area contributed by atoms with E-state index in [4.69, 9.17) is 14.2 Å². The summed E-state index contributed by atoms with van der Waals surface area (Å²) in [6.07, 6.45) is 28.2. The Morgan fingerprint density at radius 1 is 0.648 bits per heavy atom. The zero-order valence-corrected chi connectivity index (χ0v) is 35.5. The molecule has 0 spiro atoms. The summed E-state index contributed by atoms with van der Waals surface area (Å²) in [5.41, 5.74) is 5.20. The minimum Gasteiger partial charge on any atom is -0.494 e. The van der Waals surface area contributed by atoms with Crippen molar-refractivity contribution in [2.75, 3.05) is 19.8 Å². The van der Waals surface area contributed by atoms with E-state index in [9.17, 15) is 0 Å². The summed E-state index contributed by atoms with van der Waals surface area (Å²) >= 11 is 0. The van der Waals surface area contributed by atoms with Gasteiger partial charge in [-0.3, -0.25) is 0 Å². The minimum absolute atomic E-state index is 0.425. The first-order valence-corrected chi connectivity index (χ1v) is 23.0. The van der Waals surface area contributed by atoms with Crippen LogP contribution in [0.1, 0.15) is 164 Å². The van der Waals surface area contributed by atoms with Crippen LogP contribution in [0.5, 0.6) is 11.5 Å². The van der Waals surface area contributed by atoms with E-state index in [1.807, 2.05) is 0 Å². The van der Waals surface area contributed by atoms with Crippen LogP contribution in [0.15, 0.2) is 60.2 Å². The molecule has 3 nitrogen and oxygen atoms in total. The fourth-order valence-corrected chi connectivity index (χ4v) is 12.0. The summed E-state index contributed by atoms with van der Waals surface area (Å²) in [6.45, 7) is 17.5. The molecule has 2 aromatic carbocycles. The van der Waals surface area contributed by atoms with Gasteiger partial charge in [0.05, 0.1) is 19.3 Å². The number of rotatable bonds is 21. The number of allylic oxidation sites excluding steroid dienone is 1. The highest BCUT2D eigenvalue weighted by Gasteiger charge is 2.59. The molecule has 0 bridgehead atoms. The molecule has 0 amide bonds. The second-order valence-corrected chi connectivity index (χ2v) is 19.2. The molecule has 3 saturated carbocycles. The van der Waals surface area contributed by atoms with Crippen LogP contribution < -0.4 is 9.47 Å². The van der Waals surface area contributed by atoms with Crippen molar-refractivity contribution in [1.82, 2.24) is 0 Å². The van der Waals surface area contributed by atoms with Crippen LogP contribution in [-0.4, -0.2) is 25.9 Å². The number of unbranched alkanes of at least 4 members (excludes halogenated alkanes) is 6. The van der Waals surface area contributed by atoms with Gasteiger partial charge >= 0.3 is 0 Å². The molecule has 2 aromatic rings. The molecule has 6 rings (SSSR count). The number of hydrogen-bond acceptors (Lipinski definition) is 3. The van der Waals surface area contributed by atoms with Gasteiger partial charge < -0.3 is 14.2 Å². The molecule has 3 fully saturated rings. The Morgan fingerprint density at radius 3 is 1.93 bits per heavy atom. The van der Waals surface area contributed by atoms with Gasteiger partial charge in [0, 0.05) is 6.61 Å². The molecule has 4 aliphatic carbocycles. The van der Waals surface area contributed by atoms with Gasteiger partial charge in [-0.2, -0.15) is 0 Å². The largest absolute Gasteiger partial charge is 0.494 e. The summed E-state index contributed by atoms with van der Waals surface area (Å²) in [5, 5.41) is 0. The third-order valence-corrected chi connectivity index (χ3v) is 15.2. The van der Waals surface area contributed by atoms with Crippen molar-refractivity contribution in [2.45, 2.75) is 170 Å². The van der Waals surface area contributed by atoms with E-state index in [0.717, 1.165) is 86.1 Å². The van der Waals surface area contributed by atoms with Gasteiger partial charge in [0.15, 0.2) is 0 Å². The Morgan fingerprint density at radius 2 is 1.28 bits per heavy atom. The first-order chi connectivity index (χ1) is 26.2. The van der Waals surface area contributed by atoms with E-state index in [0.29, 0.717) is 16.9 Å². The average Bonchev–Trinajstić information content (AvgIpc) is 3.53. The van der Waals surface area contributed by atoms with Crippen LogP contribution in [0.2, 0.25) is 0 Å². The number of benzene rings is 2. The molecule has 0 radical (unpaired) electrons. The van der Waals surface area contributed by atoms with E-state index < -0.39 is 0 Å². The van der Waals surface area contributed by atoms with Crippen molar-refractivity contribution in [3.8, 4) is 22.6 Å². The zero-order chi connectivity index (χ0) is 38.0. The van der Waals surface area contributed by atoms with Gasteiger partial charge in [0.25, 0.3) is 0 Å². The molecule has 300 valence electrons. The van der Waals surface area contributed by atoms with Crippen molar-refractivity contribution in [3.63, 3.8) is 0 Å². The first kappa shape index (κ1) is 41.4. The Kier molecular flexibility index (Phi) is 15.1. The van der Waals surface area contributed by atoms with Crippen LogP contribution in [0.25, 0.3) is 11.1 Å². The van der Waals surface area contributed by atoms with Crippen molar-refractivity contribution < 1.29 is 14.2 Å². The fraction of sp³-hybridized carbons (Fsp3) is 0.725. The lowest BCUT2D eigenvalue weighted by molar-refractivity contribution is -0.0641. The minimum atomic E-state index is 0.425. The Bertz CT molecular complexity index is 1430. The molecule has 3 heteroatoms. The van der Waals surface area contributed by atoms with Gasteiger partial charge in [-0.1, -0.05) is 129 Å². The second-order valence-electron chi connectivity index (χ2n) is 19.2.